The van der Waals surface area contributed by atoms with E-state index < -0.39 is 0 Å². The number of nitrogens with zero attached hydrogens (tertiary/aromatic N) is 2. The molecule has 21 heavy (non-hydrogen) atoms. The lowest BCUT2D eigenvalue weighted by Crippen LogP contribution is -1.90. The molecule has 0 fully saturated rings. The number of aliphatic hydroxyl groups is 1. The lowest BCUT2D eigenvalue weighted by Gasteiger charge is -2.02. The number of ether oxygens (including phenoxy) is 1. The van der Waals surface area contributed by atoms with E-state index >= 15 is 0 Å². The molecule has 0 amide bonds. The highest BCUT2D eigenvalue weighted by Crippen LogP contribution is 2.29. The van der Waals surface area contributed by atoms with Crippen LogP contribution in [-0.4, -0.2) is 26.7 Å². The van der Waals surface area contributed by atoms with Crippen molar-refractivity contribution in [3.63, 3.8) is 0 Å². The largest absolute Gasteiger partial charge is 0.494 e. The van der Waals surface area contributed by atoms with Crippen LogP contribution in [0.1, 0.15) is 12.5 Å². The van der Waals surface area contributed by atoms with Gasteiger partial charge >= 0.3 is 0 Å². The van der Waals surface area contributed by atoms with Crippen LogP contribution in [0.3, 0.4) is 0 Å². The van der Waals surface area contributed by atoms with E-state index in [1.807, 2.05) is 37.3 Å². The number of aromatic nitrogens is 3. The van der Waals surface area contributed by atoms with Gasteiger partial charge in [-0.1, -0.05) is 6.07 Å². The van der Waals surface area contributed by atoms with E-state index in [1.54, 1.807) is 6.20 Å². The average Bonchev–Trinajstić information content (AvgIpc) is 2.89. The maximum atomic E-state index is 9.33. The molecule has 0 radical (unpaired) electrons. The molecular formula is C15H15N3O2S. The second-order valence-electron chi connectivity index (χ2n) is 4.38. The van der Waals surface area contributed by atoms with Gasteiger partial charge in [0.1, 0.15) is 10.8 Å². The first-order chi connectivity index (χ1) is 10.3. The lowest BCUT2D eigenvalue weighted by molar-refractivity contribution is 0.278. The predicted octanol–water partition coefficient (Wildman–Crippen LogP) is 3.00. The van der Waals surface area contributed by atoms with Crippen molar-refractivity contribution in [3.05, 3.63) is 42.1 Å². The van der Waals surface area contributed by atoms with E-state index in [9.17, 15) is 5.11 Å². The Kier molecular flexibility index (Phi) is 4.08. The summed E-state index contributed by atoms with van der Waals surface area (Å²) in [6, 6.07) is 9.42. The maximum absolute atomic E-state index is 9.33. The minimum Gasteiger partial charge on any atom is -0.494 e. The Morgan fingerprint density at radius 3 is 3.05 bits per heavy atom. The normalized spacial score (nSPS) is 11.0. The zero-order valence-electron chi connectivity index (χ0n) is 11.5. The quantitative estimate of drug-likeness (QED) is 0.758. The van der Waals surface area contributed by atoms with Crippen LogP contribution in [0.2, 0.25) is 0 Å². The summed E-state index contributed by atoms with van der Waals surface area (Å²) in [6.07, 6.45) is 1.71. The number of rotatable bonds is 5. The van der Waals surface area contributed by atoms with Crippen molar-refractivity contribution in [2.75, 3.05) is 6.61 Å². The molecule has 0 bridgehead atoms. The molecule has 1 aromatic carbocycles. The van der Waals surface area contributed by atoms with Gasteiger partial charge in [-0.3, -0.25) is 0 Å². The molecule has 6 heteroatoms. The highest BCUT2D eigenvalue weighted by atomic mass is 32.2. The number of benzene rings is 1. The average molecular weight is 301 g/mol. The Labute approximate surface area is 126 Å². The highest BCUT2D eigenvalue weighted by molar-refractivity contribution is 7.99. The number of H-pyrrole nitrogens is 1. The first-order valence-electron chi connectivity index (χ1n) is 6.65. The van der Waals surface area contributed by atoms with Gasteiger partial charge < -0.3 is 14.8 Å². The van der Waals surface area contributed by atoms with Gasteiger partial charge in [0.15, 0.2) is 5.16 Å². The maximum Gasteiger partial charge on any atom is 0.172 e. The molecule has 2 N–H and O–H groups in total. The van der Waals surface area contributed by atoms with Gasteiger partial charge in [0, 0.05) is 17.8 Å². The number of aliphatic hydroxyl groups excluding tert-OH is 1. The summed E-state index contributed by atoms with van der Waals surface area (Å²) >= 11 is 1.41. The van der Waals surface area contributed by atoms with E-state index in [0.717, 1.165) is 32.5 Å². The number of hydrogen-bond donors (Lipinski definition) is 2. The number of imidazole rings is 1. The third-order valence-electron chi connectivity index (χ3n) is 2.96. The van der Waals surface area contributed by atoms with Gasteiger partial charge in [-0.05, 0) is 36.9 Å². The molecule has 3 rings (SSSR count). The molecule has 3 aromatic rings. The number of nitrogens with one attached hydrogen (secondary N) is 1. The summed E-state index contributed by atoms with van der Waals surface area (Å²) in [4.78, 5) is 12.0. The molecule has 0 spiro atoms. The third kappa shape index (κ3) is 3.01. The SMILES string of the molecule is CCOc1ccc2nc(Sc3ncccc3CO)[nH]c2c1. The van der Waals surface area contributed by atoms with E-state index in [4.69, 9.17) is 4.74 Å². The van der Waals surface area contributed by atoms with Crippen LogP contribution in [0.4, 0.5) is 0 Å². The van der Waals surface area contributed by atoms with Gasteiger partial charge in [0.2, 0.25) is 0 Å². The van der Waals surface area contributed by atoms with Crippen molar-refractivity contribution in [1.29, 1.82) is 0 Å². The predicted molar refractivity (Wildman–Crippen MR) is 81.5 cm³/mol. The van der Waals surface area contributed by atoms with Crippen LogP contribution in [0.15, 0.2) is 46.7 Å². The topological polar surface area (TPSA) is 71.0 Å². The standard InChI is InChI=1S/C15H15N3O2S/c1-2-20-11-5-6-12-13(8-11)18-15(17-12)21-14-10(9-19)4-3-7-16-14/h3-8,19H,2,9H2,1H3,(H,17,18). The lowest BCUT2D eigenvalue weighted by atomic mass is 10.3. The monoisotopic (exact) mass is 301 g/mol. The fourth-order valence-corrected chi connectivity index (χ4v) is 2.86. The molecule has 0 aliphatic rings. The van der Waals surface area contributed by atoms with E-state index in [0.29, 0.717) is 6.61 Å². The molecule has 5 nitrogen and oxygen atoms in total. The van der Waals surface area contributed by atoms with Crippen LogP contribution in [-0.2, 0) is 6.61 Å². The number of hydrogen-bond acceptors (Lipinski definition) is 5. The van der Waals surface area contributed by atoms with Gasteiger partial charge in [-0.25, -0.2) is 9.97 Å². The van der Waals surface area contributed by atoms with Crippen LogP contribution < -0.4 is 4.74 Å². The number of fused-ring (bicyclic) bond motifs is 1. The summed E-state index contributed by atoms with van der Waals surface area (Å²) < 4.78 is 5.48. The number of pyridine rings is 1. The molecule has 0 saturated heterocycles. The van der Waals surface area contributed by atoms with Crippen LogP contribution >= 0.6 is 11.8 Å². The summed E-state index contributed by atoms with van der Waals surface area (Å²) in [7, 11) is 0. The second-order valence-corrected chi connectivity index (χ2v) is 5.36. The Morgan fingerprint density at radius 1 is 1.33 bits per heavy atom. The van der Waals surface area contributed by atoms with Crippen molar-refractivity contribution in [2.24, 2.45) is 0 Å². The number of aromatic amines is 1. The van der Waals surface area contributed by atoms with Gasteiger partial charge in [0.05, 0.1) is 24.2 Å². The van der Waals surface area contributed by atoms with E-state index in [1.165, 1.54) is 11.8 Å². The first kappa shape index (κ1) is 13.9. The van der Waals surface area contributed by atoms with Crippen molar-refractivity contribution in [3.8, 4) is 5.75 Å². The third-order valence-corrected chi connectivity index (χ3v) is 3.90. The Morgan fingerprint density at radius 2 is 2.24 bits per heavy atom. The van der Waals surface area contributed by atoms with E-state index in [2.05, 4.69) is 15.0 Å². The Hall–Kier alpha value is -2.05. The molecule has 0 aliphatic carbocycles. The highest BCUT2D eigenvalue weighted by Gasteiger charge is 2.09. The molecule has 0 unspecified atom stereocenters. The molecule has 2 heterocycles. The molecule has 0 atom stereocenters. The summed E-state index contributed by atoms with van der Waals surface area (Å²) in [5.41, 5.74) is 2.59. The van der Waals surface area contributed by atoms with Crippen molar-refractivity contribution < 1.29 is 9.84 Å². The Balaban J connectivity index is 1.90. The minimum absolute atomic E-state index is 0.0368. The zero-order valence-corrected chi connectivity index (χ0v) is 12.4. The van der Waals surface area contributed by atoms with Crippen molar-refractivity contribution in [2.45, 2.75) is 23.7 Å². The van der Waals surface area contributed by atoms with Crippen molar-refractivity contribution >= 4 is 22.8 Å². The molecule has 0 aliphatic heterocycles. The van der Waals surface area contributed by atoms with Gasteiger partial charge in [-0.15, -0.1) is 0 Å². The minimum atomic E-state index is -0.0368. The smallest absolute Gasteiger partial charge is 0.172 e. The van der Waals surface area contributed by atoms with Crippen LogP contribution in [0, 0.1) is 0 Å². The van der Waals surface area contributed by atoms with Gasteiger partial charge in [0.25, 0.3) is 0 Å². The van der Waals surface area contributed by atoms with Crippen molar-refractivity contribution in [1.82, 2.24) is 15.0 Å². The van der Waals surface area contributed by atoms with Crippen LogP contribution in [0.5, 0.6) is 5.75 Å². The van der Waals surface area contributed by atoms with E-state index in [-0.39, 0.29) is 6.61 Å². The molecule has 2 aromatic heterocycles. The van der Waals surface area contributed by atoms with Crippen LogP contribution in [0.25, 0.3) is 11.0 Å². The summed E-state index contributed by atoms with van der Waals surface area (Å²) in [6.45, 7) is 2.55. The summed E-state index contributed by atoms with van der Waals surface area (Å²) in [5.74, 6) is 0.819. The fraction of sp³-hybridized carbons (Fsp3) is 0.200. The zero-order chi connectivity index (χ0) is 14.7. The fourth-order valence-electron chi connectivity index (χ4n) is 2.00. The Bertz CT molecular complexity index is 758. The molecule has 0 saturated carbocycles. The second kappa shape index (κ2) is 6.15. The summed E-state index contributed by atoms with van der Waals surface area (Å²) in [5, 5.41) is 10.8. The molecule has 108 valence electrons. The van der Waals surface area contributed by atoms with Gasteiger partial charge in [-0.2, -0.15) is 0 Å². The molecular weight excluding hydrogens is 286 g/mol. The first-order valence-corrected chi connectivity index (χ1v) is 7.47.